The molecule has 0 saturated carbocycles. The zero-order chi connectivity index (χ0) is 13.1. The maximum absolute atomic E-state index is 6.53. The molecule has 0 radical (unpaired) electrons. The monoisotopic (exact) mass is 300 g/mol. The molecule has 2 aromatic rings. The van der Waals surface area contributed by atoms with Crippen molar-refractivity contribution in [2.45, 2.75) is 19.2 Å². The van der Waals surface area contributed by atoms with E-state index in [4.69, 9.17) is 27.9 Å². The molecule has 1 nitrogen and oxygen atoms in total. The normalized spacial score (nSPS) is 12.4. The highest BCUT2D eigenvalue weighted by molar-refractivity contribution is 7.16. The maximum Gasteiger partial charge on any atom is 0.124 e. The lowest BCUT2D eigenvalue weighted by molar-refractivity contribution is 0.337. The smallest absolute Gasteiger partial charge is 0.124 e. The van der Waals surface area contributed by atoms with Crippen LogP contribution in [0.4, 0.5) is 0 Å². The number of alkyl halides is 1. The Balaban J connectivity index is 2.39. The third-order valence-corrected chi connectivity index (χ3v) is 4.48. The average molecular weight is 301 g/mol. The Bertz CT molecular complexity index is 536. The summed E-state index contributed by atoms with van der Waals surface area (Å²) in [5, 5.41) is -0.219. The van der Waals surface area contributed by atoms with Crippen LogP contribution in [-0.2, 0) is 0 Å². The van der Waals surface area contributed by atoms with E-state index in [-0.39, 0.29) is 5.38 Å². The van der Waals surface area contributed by atoms with E-state index in [1.165, 1.54) is 16.9 Å². The quantitative estimate of drug-likeness (QED) is 0.683. The summed E-state index contributed by atoms with van der Waals surface area (Å²) < 4.78 is 6.38. The Labute approximate surface area is 121 Å². The van der Waals surface area contributed by atoms with Gasteiger partial charge in [-0.25, -0.2) is 0 Å². The van der Waals surface area contributed by atoms with Crippen molar-refractivity contribution in [2.75, 3.05) is 6.61 Å². The van der Waals surface area contributed by atoms with Gasteiger partial charge >= 0.3 is 0 Å². The minimum Gasteiger partial charge on any atom is -0.494 e. The third kappa shape index (κ3) is 3.00. The third-order valence-electron chi connectivity index (χ3n) is 2.58. The number of thiophene rings is 1. The first-order valence-corrected chi connectivity index (χ1v) is 7.37. The minimum atomic E-state index is -0.219. The second-order valence-electron chi connectivity index (χ2n) is 3.98. The number of halogens is 2. The molecular formula is C14H14Cl2OS. The summed E-state index contributed by atoms with van der Waals surface area (Å²) in [6.07, 6.45) is 0. The Morgan fingerprint density at radius 3 is 2.67 bits per heavy atom. The highest BCUT2D eigenvalue weighted by Crippen LogP contribution is 2.39. The Hall–Kier alpha value is -0.700. The van der Waals surface area contributed by atoms with Gasteiger partial charge in [0, 0.05) is 10.4 Å². The molecule has 0 N–H and O–H groups in total. The van der Waals surface area contributed by atoms with Gasteiger partial charge in [0.25, 0.3) is 0 Å². The van der Waals surface area contributed by atoms with Crippen LogP contribution in [0.2, 0.25) is 4.34 Å². The highest BCUT2D eigenvalue weighted by atomic mass is 35.5. The van der Waals surface area contributed by atoms with Crippen LogP contribution in [0.3, 0.4) is 0 Å². The molecular weight excluding hydrogens is 287 g/mol. The molecule has 1 unspecified atom stereocenters. The van der Waals surface area contributed by atoms with E-state index in [9.17, 15) is 0 Å². The average Bonchev–Trinajstić information content (AvgIpc) is 2.77. The molecule has 18 heavy (non-hydrogen) atoms. The molecule has 96 valence electrons. The fraction of sp³-hybridized carbons (Fsp3) is 0.286. The lowest BCUT2D eigenvalue weighted by Gasteiger charge is -2.14. The van der Waals surface area contributed by atoms with Crippen molar-refractivity contribution in [3.8, 4) is 5.75 Å². The summed E-state index contributed by atoms with van der Waals surface area (Å²) in [7, 11) is 0. The van der Waals surface area contributed by atoms with Crippen LogP contribution < -0.4 is 4.74 Å². The van der Waals surface area contributed by atoms with Crippen molar-refractivity contribution in [3.63, 3.8) is 0 Å². The van der Waals surface area contributed by atoms with E-state index in [0.29, 0.717) is 6.61 Å². The van der Waals surface area contributed by atoms with E-state index in [1.807, 2.05) is 38.1 Å². The zero-order valence-electron chi connectivity index (χ0n) is 10.2. The van der Waals surface area contributed by atoms with Gasteiger partial charge in [0.15, 0.2) is 0 Å². The molecule has 0 aliphatic rings. The van der Waals surface area contributed by atoms with Gasteiger partial charge in [0.05, 0.1) is 16.3 Å². The van der Waals surface area contributed by atoms with E-state index < -0.39 is 0 Å². The fourth-order valence-electron chi connectivity index (χ4n) is 1.77. The van der Waals surface area contributed by atoms with Crippen molar-refractivity contribution in [1.82, 2.24) is 0 Å². The largest absolute Gasteiger partial charge is 0.494 e. The van der Waals surface area contributed by atoms with Gasteiger partial charge < -0.3 is 4.74 Å². The SMILES string of the molecule is CCOc1ccc(C)cc1C(Cl)c1ccc(Cl)s1. The van der Waals surface area contributed by atoms with Crippen LogP contribution in [0.15, 0.2) is 30.3 Å². The second kappa shape index (κ2) is 5.96. The molecule has 4 heteroatoms. The van der Waals surface area contributed by atoms with Crippen LogP contribution in [0.1, 0.15) is 28.3 Å². The van der Waals surface area contributed by atoms with Crippen molar-refractivity contribution < 1.29 is 4.74 Å². The summed E-state index contributed by atoms with van der Waals surface area (Å²) in [4.78, 5) is 1.04. The summed E-state index contributed by atoms with van der Waals surface area (Å²) in [6, 6.07) is 9.89. The fourth-order valence-corrected chi connectivity index (χ4v) is 3.21. The number of ether oxygens (including phenoxy) is 1. The molecule has 0 amide bonds. The van der Waals surface area contributed by atoms with Crippen LogP contribution in [0, 0.1) is 6.92 Å². The predicted molar refractivity (Wildman–Crippen MR) is 79.4 cm³/mol. The lowest BCUT2D eigenvalue weighted by atomic mass is 10.1. The van der Waals surface area contributed by atoms with Gasteiger partial charge in [-0.05, 0) is 32.0 Å². The molecule has 0 bridgehead atoms. The highest BCUT2D eigenvalue weighted by Gasteiger charge is 2.17. The molecule has 1 aromatic heterocycles. The van der Waals surface area contributed by atoms with E-state index in [2.05, 4.69) is 6.07 Å². The Kier molecular flexibility index (Phi) is 4.55. The van der Waals surface area contributed by atoms with Gasteiger partial charge in [0.1, 0.15) is 5.75 Å². The molecule has 0 saturated heterocycles. The maximum atomic E-state index is 6.53. The van der Waals surface area contributed by atoms with Gasteiger partial charge in [-0.1, -0.05) is 29.3 Å². The number of rotatable bonds is 4. The van der Waals surface area contributed by atoms with E-state index in [0.717, 1.165) is 20.5 Å². The van der Waals surface area contributed by atoms with Crippen LogP contribution in [0.5, 0.6) is 5.75 Å². The predicted octanol–water partition coefficient (Wildman–Crippen LogP) is 5.44. The number of benzene rings is 1. The molecule has 0 aliphatic heterocycles. The topological polar surface area (TPSA) is 9.23 Å². The van der Waals surface area contributed by atoms with Crippen molar-refractivity contribution >= 4 is 34.5 Å². The molecule has 2 rings (SSSR count). The summed E-state index contributed by atoms with van der Waals surface area (Å²) >= 11 is 14.0. The summed E-state index contributed by atoms with van der Waals surface area (Å²) in [5.74, 6) is 0.840. The minimum absolute atomic E-state index is 0.219. The van der Waals surface area contributed by atoms with Crippen molar-refractivity contribution in [3.05, 3.63) is 50.7 Å². The molecule has 1 atom stereocenters. The first-order valence-electron chi connectivity index (χ1n) is 5.74. The van der Waals surface area contributed by atoms with Crippen molar-refractivity contribution in [2.24, 2.45) is 0 Å². The molecule has 0 fully saturated rings. The second-order valence-corrected chi connectivity index (χ2v) is 6.16. The van der Waals surface area contributed by atoms with Gasteiger partial charge in [-0.15, -0.1) is 22.9 Å². The number of hydrogen-bond donors (Lipinski definition) is 0. The summed E-state index contributed by atoms with van der Waals surface area (Å²) in [5.41, 5.74) is 2.17. The summed E-state index contributed by atoms with van der Waals surface area (Å²) in [6.45, 7) is 4.64. The van der Waals surface area contributed by atoms with Crippen molar-refractivity contribution in [1.29, 1.82) is 0 Å². The zero-order valence-corrected chi connectivity index (χ0v) is 12.6. The first-order chi connectivity index (χ1) is 8.61. The number of aryl methyl sites for hydroxylation is 1. The molecule has 1 aromatic carbocycles. The van der Waals surface area contributed by atoms with Crippen LogP contribution in [0.25, 0.3) is 0 Å². The van der Waals surface area contributed by atoms with E-state index >= 15 is 0 Å². The first kappa shape index (κ1) is 13.7. The Morgan fingerprint density at radius 2 is 2.06 bits per heavy atom. The molecule has 0 aliphatic carbocycles. The molecule has 0 spiro atoms. The van der Waals surface area contributed by atoms with Crippen LogP contribution in [-0.4, -0.2) is 6.61 Å². The van der Waals surface area contributed by atoms with Crippen LogP contribution >= 0.6 is 34.5 Å². The Morgan fingerprint density at radius 1 is 1.28 bits per heavy atom. The standard InChI is InChI=1S/C14H14Cl2OS/c1-3-17-11-5-4-9(2)8-10(11)14(16)12-6-7-13(15)18-12/h4-8,14H,3H2,1-2H3. The number of hydrogen-bond acceptors (Lipinski definition) is 2. The van der Waals surface area contributed by atoms with Gasteiger partial charge in [-0.3, -0.25) is 0 Å². The van der Waals surface area contributed by atoms with E-state index in [1.54, 1.807) is 0 Å². The lowest BCUT2D eigenvalue weighted by Crippen LogP contribution is -1.99. The van der Waals surface area contributed by atoms with Gasteiger partial charge in [-0.2, -0.15) is 0 Å². The van der Waals surface area contributed by atoms with Gasteiger partial charge in [0.2, 0.25) is 0 Å². The molecule has 1 heterocycles.